The summed E-state index contributed by atoms with van der Waals surface area (Å²) in [6.45, 7) is 1.89. The minimum absolute atomic E-state index is 0.316. The van der Waals surface area contributed by atoms with Gasteiger partial charge in [-0.1, -0.05) is 23.4 Å². The molecule has 5 rings (SSSR count). The quantitative estimate of drug-likeness (QED) is 0.753. The van der Waals surface area contributed by atoms with Crippen LogP contribution in [0.5, 0.6) is 11.5 Å². The average molecular weight is 390 g/mol. The van der Waals surface area contributed by atoms with Gasteiger partial charge in [0.05, 0.1) is 12.8 Å². The van der Waals surface area contributed by atoms with Crippen molar-refractivity contribution in [2.45, 2.75) is 19.1 Å². The molecule has 7 heteroatoms. The average Bonchev–Trinajstić information content (AvgIpc) is 3.28. The van der Waals surface area contributed by atoms with Crippen LogP contribution in [-0.2, 0) is 14.4 Å². The van der Waals surface area contributed by atoms with Gasteiger partial charge in [0.1, 0.15) is 29.2 Å². The van der Waals surface area contributed by atoms with E-state index in [2.05, 4.69) is 5.16 Å². The molecule has 0 saturated carbocycles. The zero-order valence-corrected chi connectivity index (χ0v) is 15.9. The highest BCUT2D eigenvalue weighted by molar-refractivity contribution is 6.33. The number of rotatable bonds is 3. The maximum Gasteiger partial charge on any atom is 0.278 e. The van der Waals surface area contributed by atoms with E-state index < -0.39 is 17.9 Å². The molecule has 146 valence electrons. The maximum atomic E-state index is 13.2. The van der Waals surface area contributed by atoms with E-state index in [1.54, 1.807) is 31.4 Å². The van der Waals surface area contributed by atoms with E-state index in [0.29, 0.717) is 17.1 Å². The lowest BCUT2D eigenvalue weighted by Gasteiger charge is -2.25. The molecule has 0 spiro atoms. The lowest BCUT2D eigenvalue weighted by atomic mass is 9.89. The van der Waals surface area contributed by atoms with Crippen molar-refractivity contribution in [1.82, 2.24) is 0 Å². The molecule has 3 atom stereocenters. The van der Waals surface area contributed by atoms with Crippen LogP contribution in [0.15, 0.2) is 59.3 Å². The molecule has 2 amide bonds. The van der Waals surface area contributed by atoms with Gasteiger partial charge in [0.25, 0.3) is 5.91 Å². The monoisotopic (exact) mass is 390 g/mol. The Balaban J connectivity index is 1.49. The summed E-state index contributed by atoms with van der Waals surface area (Å²) in [5, 5.41) is 4.10. The van der Waals surface area contributed by atoms with Crippen LogP contribution in [0.25, 0.3) is 6.08 Å². The highest BCUT2D eigenvalue weighted by Crippen LogP contribution is 2.39. The minimum Gasteiger partial charge on any atom is -0.497 e. The van der Waals surface area contributed by atoms with Gasteiger partial charge in [0.2, 0.25) is 12.0 Å². The molecule has 3 unspecified atom stereocenters. The molecule has 3 aliphatic rings. The normalized spacial score (nSPS) is 24.9. The Labute approximate surface area is 167 Å². The number of methoxy groups -OCH3 is 1. The number of anilines is 1. The molecule has 3 aliphatic heterocycles. The van der Waals surface area contributed by atoms with Crippen molar-refractivity contribution in [1.29, 1.82) is 0 Å². The number of hydrogen-bond donors (Lipinski definition) is 0. The molecular formula is C22H18N2O5. The van der Waals surface area contributed by atoms with Crippen molar-refractivity contribution in [3.8, 4) is 11.5 Å². The number of fused-ring (bicyclic) bond motifs is 2. The predicted octanol–water partition coefficient (Wildman–Crippen LogP) is 2.80. The van der Waals surface area contributed by atoms with E-state index in [9.17, 15) is 9.59 Å². The van der Waals surface area contributed by atoms with Crippen LogP contribution in [0, 0.1) is 5.92 Å². The first-order chi connectivity index (χ1) is 14.1. The van der Waals surface area contributed by atoms with Gasteiger partial charge in [-0.2, -0.15) is 0 Å². The van der Waals surface area contributed by atoms with Crippen LogP contribution in [0.3, 0.4) is 0 Å². The molecule has 2 aromatic rings. The van der Waals surface area contributed by atoms with E-state index in [4.69, 9.17) is 14.3 Å². The van der Waals surface area contributed by atoms with Crippen LogP contribution in [0.1, 0.15) is 12.5 Å². The van der Waals surface area contributed by atoms with Gasteiger partial charge < -0.3 is 14.3 Å². The van der Waals surface area contributed by atoms with Gasteiger partial charge >= 0.3 is 0 Å². The number of ether oxygens (including phenoxy) is 2. The standard InChI is InChI=1S/C22H18N2O5/c1-12-16(11-13-5-3-4-6-17(13)28-12)19-18-20(29-23-19)22(26)24(21(18)25)14-7-9-15(27-2)10-8-14/h3-12,18,20H,1-2H3. The molecule has 0 N–H and O–H groups in total. The molecule has 2 aromatic carbocycles. The Morgan fingerprint density at radius 2 is 1.79 bits per heavy atom. The molecule has 0 radical (unpaired) electrons. The van der Waals surface area contributed by atoms with E-state index >= 15 is 0 Å². The smallest absolute Gasteiger partial charge is 0.278 e. The molecule has 0 aliphatic carbocycles. The SMILES string of the molecule is COc1ccc(N2C(=O)C3ON=C(C4=Cc5ccccc5OC4C)C3C2=O)cc1. The van der Waals surface area contributed by atoms with Crippen molar-refractivity contribution in [3.63, 3.8) is 0 Å². The molecule has 0 bridgehead atoms. The van der Waals surface area contributed by atoms with Crippen molar-refractivity contribution in [3.05, 3.63) is 59.7 Å². The van der Waals surface area contributed by atoms with Gasteiger partial charge in [-0.05, 0) is 43.3 Å². The Kier molecular flexibility index (Phi) is 3.91. The van der Waals surface area contributed by atoms with Crippen molar-refractivity contribution in [2.75, 3.05) is 12.0 Å². The predicted molar refractivity (Wildman–Crippen MR) is 106 cm³/mol. The third-order valence-corrected chi connectivity index (χ3v) is 5.41. The first kappa shape index (κ1) is 17.5. The molecule has 7 nitrogen and oxygen atoms in total. The Bertz CT molecular complexity index is 1070. The second kappa shape index (κ2) is 6.48. The fraction of sp³-hybridized carbons (Fsp3) is 0.227. The lowest BCUT2D eigenvalue weighted by Crippen LogP contribution is -2.35. The number of nitrogens with zero attached hydrogens (tertiary/aromatic N) is 2. The van der Waals surface area contributed by atoms with E-state index in [0.717, 1.165) is 21.8 Å². The number of para-hydroxylation sites is 1. The lowest BCUT2D eigenvalue weighted by molar-refractivity contribution is -0.126. The number of oxime groups is 1. The van der Waals surface area contributed by atoms with Crippen LogP contribution in [0.2, 0.25) is 0 Å². The highest BCUT2D eigenvalue weighted by atomic mass is 16.7. The Morgan fingerprint density at radius 3 is 2.55 bits per heavy atom. The molecule has 1 fully saturated rings. The number of imide groups is 1. The van der Waals surface area contributed by atoms with Crippen LogP contribution in [0.4, 0.5) is 5.69 Å². The van der Waals surface area contributed by atoms with Gasteiger partial charge in [-0.25, -0.2) is 4.90 Å². The molecule has 0 aromatic heterocycles. The van der Waals surface area contributed by atoms with Crippen LogP contribution >= 0.6 is 0 Å². The summed E-state index contributed by atoms with van der Waals surface area (Å²) in [7, 11) is 1.56. The minimum atomic E-state index is -0.954. The Hall–Kier alpha value is -3.61. The van der Waals surface area contributed by atoms with E-state index in [1.165, 1.54) is 0 Å². The first-order valence-electron chi connectivity index (χ1n) is 9.31. The summed E-state index contributed by atoms with van der Waals surface area (Å²) in [6.07, 6.45) is 0.677. The second-order valence-corrected chi connectivity index (χ2v) is 7.09. The van der Waals surface area contributed by atoms with Gasteiger partial charge in [-0.3, -0.25) is 9.59 Å². The van der Waals surface area contributed by atoms with Crippen LogP contribution < -0.4 is 14.4 Å². The fourth-order valence-electron chi connectivity index (χ4n) is 3.93. The number of benzene rings is 2. The summed E-state index contributed by atoms with van der Waals surface area (Å²) < 4.78 is 11.1. The van der Waals surface area contributed by atoms with Gasteiger partial charge in [0.15, 0.2) is 0 Å². The molecule has 1 saturated heterocycles. The van der Waals surface area contributed by atoms with Crippen molar-refractivity contribution in [2.24, 2.45) is 11.1 Å². The van der Waals surface area contributed by atoms with E-state index in [1.807, 2.05) is 37.3 Å². The van der Waals surface area contributed by atoms with Gasteiger partial charge in [0, 0.05) is 11.1 Å². The highest BCUT2D eigenvalue weighted by Gasteiger charge is 2.57. The van der Waals surface area contributed by atoms with Crippen molar-refractivity contribution >= 4 is 29.3 Å². The molecular weight excluding hydrogens is 372 g/mol. The van der Waals surface area contributed by atoms with E-state index in [-0.39, 0.29) is 12.0 Å². The number of carbonyl (C=O) groups is 2. The third-order valence-electron chi connectivity index (χ3n) is 5.41. The second-order valence-electron chi connectivity index (χ2n) is 7.09. The zero-order chi connectivity index (χ0) is 20.1. The van der Waals surface area contributed by atoms with Gasteiger partial charge in [-0.15, -0.1) is 0 Å². The maximum absolute atomic E-state index is 13.2. The van der Waals surface area contributed by atoms with Crippen LogP contribution in [-0.4, -0.2) is 36.8 Å². The molecule has 3 heterocycles. The Morgan fingerprint density at radius 1 is 1.03 bits per heavy atom. The topological polar surface area (TPSA) is 77.4 Å². The summed E-state index contributed by atoms with van der Waals surface area (Å²) in [4.78, 5) is 32.7. The number of hydrogen-bond acceptors (Lipinski definition) is 6. The summed E-state index contributed by atoms with van der Waals surface area (Å²) in [5.41, 5.74) is 2.57. The first-order valence-corrected chi connectivity index (χ1v) is 9.31. The summed E-state index contributed by atoms with van der Waals surface area (Å²) in [5.74, 6) is -0.146. The summed E-state index contributed by atoms with van der Waals surface area (Å²) >= 11 is 0. The third kappa shape index (κ3) is 2.61. The zero-order valence-electron chi connectivity index (χ0n) is 15.9. The number of amides is 2. The van der Waals surface area contributed by atoms with Crippen molar-refractivity contribution < 1.29 is 23.9 Å². The molecule has 29 heavy (non-hydrogen) atoms. The largest absolute Gasteiger partial charge is 0.497 e. The summed E-state index contributed by atoms with van der Waals surface area (Å²) in [6, 6.07) is 14.4. The fourth-order valence-corrected chi connectivity index (χ4v) is 3.93. The number of carbonyl (C=O) groups excluding carboxylic acids is 2.